The number of carbonyl (C=O) groups excluding carboxylic acids is 1. The first-order valence-electron chi connectivity index (χ1n) is 8.62. The van der Waals surface area contributed by atoms with Gasteiger partial charge in [-0.1, -0.05) is 35.9 Å². The maximum absolute atomic E-state index is 12.8. The van der Waals surface area contributed by atoms with Crippen LogP contribution in [0.5, 0.6) is 0 Å². The summed E-state index contributed by atoms with van der Waals surface area (Å²) in [6.07, 6.45) is 1.63. The van der Waals surface area contributed by atoms with Crippen molar-refractivity contribution in [2.45, 2.75) is 20.8 Å². The Kier molecular flexibility index (Phi) is 5.86. The van der Waals surface area contributed by atoms with E-state index in [1.807, 2.05) is 39.0 Å². The Bertz CT molecular complexity index is 1010. The molecule has 144 valence electrons. The van der Waals surface area contributed by atoms with Gasteiger partial charge in [0.2, 0.25) is 0 Å². The molecule has 2 aromatic rings. The minimum absolute atomic E-state index is 0.0602. The quantitative estimate of drug-likeness (QED) is 0.376. The lowest BCUT2D eigenvalue weighted by molar-refractivity contribution is -0.384. The second kappa shape index (κ2) is 8.16. The van der Waals surface area contributed by atoms with Gasteiger partial charge in [-0.15, -0.1) is 0 Å². The number of para-hydroxylation sites is 1. The van der Waals surface area contributed by atoms with Crippen molar-refractivity contribution in [1.29, 1.82) is 0 Å². The zero-order valence-corrected chi connectivity index (χ0v) is 17.2. The van der Waals surface area contributed by atoms with E-state index < -0.39 is 4.92 Å². The highest BCUT2D eigenvalue weighted by atomic mass is 35.5. The highest BCUT2D eigenvalue weighted by Crippen LogP contribution is 2.36. The van der Waals surface area contributed by atoms with Gasteiger partial charge in [-0.2, -0.15) is 0 Å². The zero-order chi connectivity index (χ0) is 20.4. The summed E-state index contributed by atoms with van der Waals surface area (Å²) in [5.74, 6) is -0.171. The molecule has 0 atom stereocenters. The summed E-state index contributed by atoms with van der Waals surface area (Å²) in [5, 5.41) is 11.8. The van der Waals surface area contributed by atoms with Crippen molar-refractivity contribution in [1.82, 2.24) is 4.90 Å². The van der Waals surface area contributed by atoms with Crippen LogP contribution in [0, 0.1) is 24.0 Å². The molecule has 0 aliphatic carbocycles. The minimum Gasteiger partial charge on any atom is -0.287 e. The fourth-order valence-corrected chi connectivity index (χ4v) is 4.09. The van der Waals surface area contributed by atoms with Gasteiger partial charge in [-0.3, -0.25) is 19.8 Å². The van der Waals surface area contributed by atoms with Crippen molar-refractivity contribution in [3.8, 4) is 0 Å². The smallest absolute Gasteiger partial charge is 0.287 e. The van der Waals surface area contributed by atoms with Crippen LogP contribution in [0.3, 0.4) is 0 Å². The zero-order valence-electron chi connectivity index (χ0n) is 15.6. The Balaban J connectivity index is 2.00. The van der Waals surface area contributed by atoms with Gasteiger partial charge in [0.1, 0.15) is 5.02 Å². The number of thioether (sulfide) groups is 1. The standard InChI is InChI=1S/C20H18ClN3O3S/c1-4-23-19(25)17(11-14-8-9-15(21)16(10-14)24(26)27)28-20(23)22-18-12(2)6-5-7-13(18)3/h5-11H,4H2,1-3H3/b17-11+,22-20?. The van der Waals surface area contributed by atoms with Gasteiger partial charge in [0, 0.05) is 12.6 Å². The van der Waals surface area contributed by atoms with Gasteiger partial charge in [0.25, 0.3) is 11.6 Å². The lowest BCUT2D eigenvalue weighted by Crippen LogP contribution is -2.28. The molecule has 0 spiro atoms. The number of hydrogen-bond acceptors (Lipinski definition) is 5. The SMILES string of the molecule is CCN1C(=O)/C(=C\c2ccc(Cl)c([N+](=O)[O-])c2)SC1=Nc1c(C)cccc1C. The van der Waals surface area contributed by atoms with Crippen molar-refractivity contribution < 1.29 is 9.72 Å². The Labute approximate surface area is 172 Å². The van der Waals surface area contributed by atoms with E-state index in [0.717, 1.165) is 16.8 Å². The number of aryl methyl sites for hydroxylation is 2. The van der Waals surface area contributed by atoms with Gasteiger partial charge in [-0.25, -0.2) is 4.99 Å². The molecule has 8 heteroatoms. The van der Waals surface area contributed by atoms with Crippen LogP contribution < -0.4 is 0 Å². The predicted octanol–water partition coefficient (Wildman–Crippen LogP) is 5.49. The van der Waals surface area contributed by atoms with E-state index in [9.17, 15) is 14.9 Å². The molecule has 0 bridgehead atoms. The number of likely N-dealkylation sites (N-methyl/N-ethyl adjacent to an activating group) is 1. The second-order valence-electron chi connectivity index (χ2n) is 6.26. The molecule has 0 aromatic heterocycles. The van der Waals surface area contributed by atoms with Crippen LogP contribution in [0.25, 0.3) is 6.08 Å². The summed E-state index contributed by atoms with van der Waals surface area (Å²) < 4.78 is 0. The number of aliphatic imine (C=N–C) groups is 1. The molecule has 28 heavy (non-hydrogen) atoms. The molecule has 3 rings (SSSR count). The lowest BCUT2D eigenvalue weighted by Gasteiger charge is -2.13. The van der Waals surface area contributed by atoms with Crippen molar-refractivity contribution >= 4 is 51.9 Å². The third kappa shape index (κ3) is 3.95. The number of amides is 1. The highest BCUT2D eigenvalue weighted by Gasteiger charge is 2.32. The number of nitro benzene ring substituents is 1. The maximum atomic E-state index is 12.8. The van der Waals surface area contributed by atoms with Crippen LogP contribution in [0.2, 0.25) is 5.02 Å². The number of halogens is 1. The van der Waals surface area contributed by atoms with E-state index >= 15 is 0 Å². The molecule has 2 aromatic carbocycles. The van der Waals surface area contributed by atoms with E-state index in [1.165, 1.54) is 23.9 Å². The first-order valence-corrected chi connectivity index (χ1v) is 9.81. The maximum Gasteiger partial charge on any atom is 0.288 e. The summed E-state index contributed by atoms with van der Waals surface area (Å²) in [5.41, 5.74) is 3.25. The lowest BCUT2D eigenvalue weighted by atomic mass is 10.1. The van der Waals surface area contributed by atoms with E-state index in [0.29, 0.717) is 22.2 Å². The summed E-state index contributed by atoms with van der Waals surface area (Å²) >= 11 is 7.12. The predicted molar refractivity (Wildman–Crippen MR) is 114 cm³/mol. The first-order chi connectivity index (χ1) is 13.3. The average Bonchev–Trinajstić information content (AvgIpc) is 2.94. The van der Waals surface area contributed by atoms with Gasteiger partial charge >= 0.3 is 0 Å². The van der Waals surface area contributed by atoms with Crippen molar-refractivity contribution in [3.05, 3.63) is 73.1 Å². The molecule has 0 N–H and O–H groups in total. The van der Waals surface area contributed by atoms with E-state index in [-0.39, 0.29) is 16.6 Å². The summed E-state index contributed by atoms with van der Waals surface area (Å²) in [6.45, 7) is 6.32. The Morgan fingerprint density at radius 2 is 1.93 bits per heavy atom. The number of benzene rings is 2. The third-order valence-electron chi connectivity index (χ3n) is 4.32. The molecule has 6 nitrogen and oxygen atoms in total. The largest absolute Gasteiger partial charge is 0.288 e. The van der Waals surface area contributed by atoms with Crippen LogP contribution in [0.1, 0.15) is 23.6 Å². The fraction of sp³-hybridized carbons (Fsp3) is 0.200. The normalized spacial score (nSPS) is 17.0. The topological polar surface area (TPSA) is 75.8 Å². The first kappa shape index (κ1) is 20.1. The van der Waals surface area contributed by atoms with E-state index in [4.69, 9.17) is 16.6 Å². The number of nitro groups is 1. The summed E-state index contributed by atoms with van der Waals surface area (Å²) in [7, 11) is 0. The molecule has 1 aliphatic heterocycles. The number of hydrogen-bond donors (Lipinski definition) is 0. The molecule has 1 fully saturated rings. The molecular weight excluding hydrogens is 398 g/mol. The molecule has 0 saturated carbocycles. The molecule has 0 radical (unpaired) electrons. The number of rotatable bonds is 4. The molecule has 1 saturated heterocycles. The average molecular weight is 416 g/mol. The van der Waals surface area contributed by atoms with Crippen LogP contribution in [0.15, 0.2) is 46.3 Å². The van der Waals surface area contributed by atoms with Crippen molar-refractivity contribution in [2.75, 3.05) is 6.54 Å². The number of carbonyl (C=O) groups is 1. The van der Waals surface area contributed by atoms with E-state index in [2.05, 4.69) is 0 Å². The monoisotopic (exact) mass is 415 g/mol. The van der Waals surface area contributed by atoms with Crippen LogP contribution in [-0.4, -0.2) is 27.4 Å². The summed E-state index contributed by atoms with van der Waals surface area (Å²) in [4.78, 5) is 30.1. The Morgan fingerprint density at radius 1 is 1.25 bits per heavy atom. The Hall–Kier alpha value is -2.64. The van der Waals surface area contributed by atoms with Crippen molar-refractivity contribution in [3.63, 3.8) is 0 Å². The molecule has 1 amide bonds. The molecule has 1 aliphatic rings. The van der Waals surface area contributed by atoms with Crippen LogP contribution in [0.4, 0.5) is 11.4 Å². The van der Waals surface area contributed by atoms with Gasteiger partial charge in [-0.05, 0) is 61.4 Å². The fourth-order valence-electron chi connectivity index (χ4n) is 2.86. The molecule has 1 heterocycles. The van der Waals surface area contributed by atoms with E-state index in [1.54, 1.807) is 17.0 Å². The minimum atomic E-state index is -0.542. The molecule has 0 unspecified atom stereocenters. The third-order valence-corrected chi connectivity index (χ3v) is 5.64. The van der Waals surface area contributed by atoms with Crippen LogP contribution in [-0.2, 0) is 4.79 Å². The molecular formula is C20H18ClN3O3S. The Morgan fingerprint density at radius 3 is 2.54 bits per heavy atom. The number of nitrogens with zero attached hydrogens (tertiary/aromatic N) is 3. The summed E-state index contributed by atoms with van der Waals surface area (Å²) in [6, 6.07) is 10.4. The van der Waals surface area contributed by atoms with Gasteiger partial charge in [0.05, 0.1) is 15.5 Å². The van der Waals surface area contributed by atoms with Crippen LogP contribution >= 0.6 is 23.4 Å². The number of amidine groups is 1. The highest BCUT2D eigenvalue weighted by molar-refractivity contribution is 8.18. The van der Waals surface area contributed by atoms with Crippen molar-refractivity contribution in [2.24, 2.45) is 4.99 Å². The van der Waals surface area contributed by atoms with Gasteiger partial charge < -0.3 is 0 Å². The van der Waals surface area contributed by atoms with Gasteiger partial charge in [0.15, 0.2) is 5.17 Å². The second-order valence-corrected chi connectivity index (χ2v) is 7.68.